The summed E-state index contributed by atoms with van der Waals surface area (Å²) in [5.74, 6) is 0.197. The molecule has 2 aromatic rings. The fraction of sp³-hybridized carbons (Fsp3) is 0.417. The van der Waals surface area contributed by atoms with E-state index in [0.29, 0.717) is 30.1 Å². The summed E-state index contributed by atoms with van der Waals surface area (Å²) in [5, 5.41) is 6.17. The molecular formula is C24H28FN3O5S. The Morgan fingerprint density at radius 3 is 2.29 bits per heavy atom. The van der Waals surface area contributed by atoms with Crippen LogP contribution in [-0.2, 0) is 14.8 Å². The standard InChI is InChI=1S/C24H28FN3O5S/c1-24(2)22(16-9-10-19(32-3)20(15-16)33-4)26-28(23(24)29)17-11-13-27(14-12-17)34(30,31)21-8-6-5-7-18(21)25/h5-10,15,17H,11-14H2,1-4H3. The first-order chi connectivity index (χ1) is 16.1. The van der Waals surface area contributed by atoms with E-state index in [1.54, 1.807) is 26.4 Å². The number of rotatable bonds is 6. The van der Waals surface area contributed by atoms with Gasteiger partial charge >= 0.3 is 0 Å². The van der Waals surface area contributed by atoms with Crippen LogP contribution in [0.15, 0.2) is 52.5 Å². The van der Waals surface area contributed by atoms with Crippen molar-refractivity contribution in [1.82, 2.24) is 9.31 Å². The molecule has 0 unspecified atom stereocenters. The van der Waals surface area contributed by atoms with E-state index in [1.807, 2.05) is 19.9 Å². The molecule has 2 aromatic carbocycles. The van der Waals surface area contributed by atoms with E-state index in [1.165, 1.54) is 27.5 Å². The molecule has 1 fully saturated rings. The van der Waals surface area contributed by atoms with E-state index in [-0.39, 0.29) is 29.9 Å². The van der Waals surface area contributed by atoms with E-state index in [9.17, 15) is 17.6 Å². The number of hydrogen-bond donors (Lipinski definition) is 0. The van der Waals surface area contributed by atoms with Gasteiger partial charge in [0.25, 0.3) is 5.91 Å². The first-order valence-electron chi connectivity index (χ1n) is 11.0. The van der Waals surface area contributed by atoms with Crippen molar-refractivity contribution >= 4 is 21.6 Å². The van der Waals surface area contributed by atoms with Gasteiger partial charge in [-0.2, -0.15) is 9.41 Å². The maximum atomic E-state index is 14.1. The summed E-state index contributed by atoms with van der Waals surface area (Å²) in [4.78, 5) is 13.0. The number of benzene rings is 2. The Morgan fingerprint density at radius 2 is 1.68 bits per heavy atom. The van der Waals surface area contributed by atoms with E-state index in [2.05, 4.69) is 5.10 Å². The Labute approximate surface area is 199 Å². The number of ether oxygens (including phenoxy) is 2. The highest BCUT2D eigenvalue weighted by atomic mass is 32.2. The molecule has 34 heavy (non-hydrogen) atoms. The SMILES string of the molecule is COc1ccc(C2=NN(C3CCN(S(=O)(=O)c4ccccc4F)CC3)C(=O)C2(C)C)cc1OC. The summed E-state index contributed by atoms with van der Waals surface area (Å²) in [5.41, 5.74) is 0.494. The number of methoxy groups -OCH3 is 2. The third kappa shape index (κ3) is 4.05. The van der Waals surface area contributed by atoms with Crippen molar-refractivity contribution in [3.63, 3.8) is 0 Å². The molecular weight excluding hydrogens is 461 g/mol. The van der Waals surface area contributed by atoms with Crippen molar-refractivity contribution < 1.29 is 27.1 Å². The largest absolute Gasteiger partial charge is 0.493 e. The van der Waals surface area contributed by atoms with Gasteiger partial charge in [0, 0.05) is 18.7 Å². The number of halogens is 1. The quantitative estimate of drug-likeness (QED) is 0.622. The Balaban J connectivity index is 1.55. The molecule has 10 heteroatoms. The van der Waals surface area contributed by atoms with Crippen LogP contribution in [-0.4, -0.2) is 62.7 Å². The smallest absolute Gasteiger partial charge is 0.254 e. The molecule has 0 aliphatic carbocycles. The van der Waals surface area contributed by atoms with Crippen molar-refractivity contribution in [2.75, 3.05) is 27.3 Å². The third-order valence-corrected chi connectivity index (χ3v) is 8.36. The number of carbonyl (C=O) groups excluding carboxylic acids is 1. The number of hydrogen-bond acceptors (Lipinski definition) is 6. The van der Waals surface area contributed by atoms with Crippen LogP contribution in [0.2, 0.25) is 0 Å². The van der Waals surface area contributed by atoms with E-state index in [4.69, 9.17) is 9.47 Å². The molecule has 182 valence electrons. The van der Waals surface area contributed by atoms with Crippen molar-refractivity contribution in [3.8, 4) is 11.5 Å². The lowest BCUT2D eigenvalue weighted by molar-refractivity contribution is -0.137. The molecule has 0 atom stereocenters. The van der Waals surface area contributed by atoms with Gasteiger partial charge < -0.3 is 9.47 Å². The maximum absolute atomic E-state index is 14.1. The minimum absolute atomic E-state index is 0.146. The van der Waals surface area contributed by atoms with Crippen LogP contribution in [0.5, 0.6) is 11.5 Å². The van der Waals surface area contributed by atoms with E-state index >= 15 is 0 Å². The maximum Gasteiger partial charge on any atom is 0.254 e. The second-order valence-corrected chi connectivity index (χ2v) is 10.8. The molecule has 0 bridgehead atoms. The predicted octanol–water partition coefficient (Wildman–Crippen LogP) is 3.27. The number of piperidine rings is 1. The van der Waals surface area contributed by atoms with Crippen LogP contribution in [0.1, 0.15) is 32.3 Å². The van der Waals surface area contributed by atoms with Gasteiger partial charge in [0.1, 0.15) is 10.7 Å². The molecule has 2 aliphatic heterocycles. The second-order valence-electron chi connectivity index (χ2n) is 8.86. The van der Waals surface area contributed by atoms with Gasteiger partial charge in [-0.05, 0) is 57.0 Å². The van der Waals surface area contributed by atoms with Crippen molar-refractivity contribution in [3.05, 3.63) is 53.8 Å². The molecule has 4 rings (SSSR count). The molecule has 0 N–H and O–H groups in total. The lowest BCUT2D eigenvalue weighted by atomic mass is 9.83. The van der Waals surface area contributed by atoms with Crippen LogP contribution in [0, 0.1) is 11.2 Å². The van der Waals surface area contributed by atoms with Gasteiger partial charge in [-0.25, -0.2) is 17.8 Å². The van der Waals surface area contributed by atoms with Crippen molar-refractivity contribution in [1.29, 1.82) is 0 Å². The Kier molecular flexibility index (Phi) is 6.39. The first-order valence-corrected chi connectivity index (χ1v) is 12.4. The van der Waals surface area contributed by atoms with Crippen molar-refractivity contribution in [2.24, 2.45) is 10.5 Å². The topological polar surface area (TPSA) is 88.5 Å². The molecule has 1 amide bonds. The average Bonchev–Trinajstić information content (AvgIpc) is 3.07. The first kappa shape index (κ1) is 24.2. The zero-order valence-electron chi connectivity index (χ0n) is 19.6. The van der Waals surface area contributed by atoms with Gasteiger partial charge in [-0.1, -0.05) is 12.1 Å². The number of carbonyl (C=O) groups is 1. The van der Waals surface area contributed by atoms with Crippen LogP contribution in [0.4, 0.5) is 4.39 Å². The van der Waals surface area contributed by atoms with Gasteiger partial charge in [0.2, 0.25) is 10.0 Å². The Hall–Kier alpha value is -2.98. The molecule has 0 spiro atoms. The van der Waals surface area contributed by atoms with Crippen LogP contribution in [0.25, 0.3) is 0 Å². The summed E-state index contributed by atoms with van der Waals surface area (Å²) < 4.78 is 51.9. The van der Waals surface area contributed by atoms with Crippen LogP contribution >= 0.6 is 0 Å². The summed E-state index contributed by atoms with van der Waals surface area (Å²) in [7, 11) is -0.851. The average molecular weight is 490 g/mol. The summed E-state index contributed by atoms with van der Waals surface area (Å²) in [6, 6.07) is 10.5. The Bertz CT molecular complexity index is 1240. The molecule has 0 saturated carbocycles. The second kappa shape index (κ2) is 8.99. The van der Waals surface area contributed by atoms with Gasteiger partial charge in [-0.3, -0.25) is 4.79 Å². The number of hydrazone groups is 1. The van der Waals surface area contributed by atoms with Crippen molar-refractivity contribution in [2.45, 2.75) is 37.6 Å². The van der Waals surface area contributed by atoms with E-state index < -0.39 is 21.3 Å². The van der Waals surface area contributed by atoms with Crippen LogP contribution < -0.4 is 9.47 Å². The normalized spacial score (nSPS) is 19.3. The minimum Gasteiger partial charge on any atom is -0.493 e. The fourth-order valence-electron chi connectivity index (χ4n) is 4.44. The number of nitrogens with zero attached hydrogens (tertiary/aromatic N) is 3. The monoisotopic (exact) mass is 489 g/mol. The van der Waals surface area contributed by atoms with Gasteiger partial charge in [0.05, 0.1) is 31.4 Å². The highest BCUT2D eigenvalue weighted by Gasteiger charge is 2.47. The molecule has 0 radical (unpaired) electrons. The molecule has 0 aromatic heterocycles. The zero-order chi connectivity index (χ0) is 24.7. The summed E-state index contributed by atoms with van der Waals surface area (Å²) in [6.07, 6.45) is 0.802. The van der Waals surface area contributed by atoms with Gasteiger partial charge in [0.15, 0.2) is 11.5 Å². The highest BCUT2D eigenvalue weighted by molar-refractivity contribution is 7.89. The molecule has 2 aliphatic rings. The highest BCUT2D eigenvalue weighted by Crippen LogP contribution is 2.38. The zero-order valence-corrected chi connectivity index (χ0v) is 20.4. The summed E-state index contributed by atoms with van der Waals surface area (Å²) in [6.45, 7) is 3.99. The number of amides is 1. The minimum atomic E-state index is -3.95. The Morgan fingerprint density at radius 1 is 1.03 bits per heavy atom. The van der Waals surface area contributed by atoms with Crippen LogP contribution in [0.3, 0.4) is 0 Å². The molecule has 1 saturated heterocycles. The van der Waals surface area contributed by atoms with E-state index in [0.717, 1.165) is 11.6 Å². The predicted molar refractivity (Wildman–Crippen MR) is 125 cm³/mol. The summed E-state index contributed by atoms with van der Waals surface area (Å²) >= 11 is 0. The molecule has 8 nitrogen and oxygen atoms in total. The number of sulfonamides is 1. The molecule has 2 heterocycles. The van der Waals surface area contributed by atoms with Gasteiger partial charge in [-0.15, -0.1) is 0 Å². The lowest BCUT2D eigenvalue weighted by Gasteiger charge is -2.35. The lowest BCUT2D eigenvalue weighted by Crippen LogP contribution is -2.47. The third-order valence-electron chi connectivity index (χ3n) is 6.42. The fourth-order valence-corrected chi connectivity index (χ4v) is 5.97.